The summed E-state index contributed by atoms with van der Waals surface area (Å²) < 4.78 is 1.73. The van der Waals surface area contributed by atoms with Crippen molar-refractivity contribution < 1.29 is 4.79 Å². The van der Waals surface area contributed by atoms with Gasteiger partial charge in [-0.2, -0.15) is 0 Å². The fourth-order valence-corrected chi connectivity index (χ4v) is 4.58. The molecule has 33 heavy (non-hydrogen) atoms. The van der Waals surface area contributed by atoms with Gasteiger partial charge in [0.15, 0.2) is 0 Å². The maximum Gasteiger partial charge on any atom is 0.261 e. The maximum absolute atomic E-state index is 14.0. The largest absolute Gasteiger partial charge is 0.328 e. The first-order valence-electron chi connectivity index (χ1n) is 11.9. The highest BCUT2D eigenvalue weighted by Crippen LogP contribution is 2.28. The lowest BCUT2D eigenvalue weighted by Gasteiger charge is -2.32. The molecule has 5 nitrogen and oxygen atoms in total. The summed E-state index contributed by atoms with van der Waals surface area (Å²) >= 11 is 0. The van der Waals surface area contributed by atoms with Crippen molar-refractivity contribution in [3.8, 4) is 0 Å². The number of hydrogen-bond donors (Lipinski definition) is 0. The molecule has 5 heteroatoms. The Morgan fingerprint density at radius 1 is 0.939 bits per heavy atom. The summed E-state index contributed by atoms with van der Waals surface area (Å²) in [4.78, 5) is 34.1. The van der Waals surface area contributed by atoms with E-state index < -0.39 is 0 Å². The Balaban J connectivity index is 1.87. The molecule has 0 spiro atoms. The summed E-state index contributed by atoms with van der Waals surface area (Å²) in [5, 5.41) is 2.60. The third-order valence-electron chi connectivity index (χ3n) is 6.30. The van der Waals surface area contributed by atoms with Gasteiger partial charge in [0, 0.05) is 18.7 Å². The second kappa shape index (κ2) is 9.99. The molecule has 4 rings (SSSR count). The number of benzene rings is 3. The second-order valence-electron chi connectivity index (χ2n) is 8.34. The first-order valence-corrected chi connectivity index (χ1v) is 11.9. The predicted octanol–water partition coefficient (Wildman–Crippen LogP) is 5.96. The van der Waals surface area contributed by atoms with Gasteiger partial charge < -0.3 is 4.90 Å². The van der Waals surface area contributed by atoms with Crippen molar-refractivity contribution >= 4 is 27.6 Å². The second-order valence-corrected chi connectivity index (χ2v) is 8.34. The van der Waals surface area contributed by atoms with E-state index in [1.165, 1.54) is 0 Å². The van der Waals surface area contributed by atoms with Crippen LogP contribution in [0.3, 0.4) is 0 Å². The van der Waals surface area contributed by atoms with Crippen LogP contribution in [-0.2, 0) is 6.54 Å². The number of hydrogen-bond acceptors (Lipinski definition) is 3. The van der Waals surface area contributed by atoms with E-state index in [0.717, 1.165) is 23.6 Å². The van der Waals surface area contributed by atoms with Crippen molar-refractivity contribution in [1.29, 1.82) is 0 Å². The van der Waals surface area contributed by atoms with Crippen LogP contribution in [0.2, 0.25) is 0 Å². The van der Waals surface area contributed by atoms with Crippen LogP contribution in [-0.4, -0.2) is 26.9 Å². The van der Waals surface area contributed by atoms with Crippen LogP contribution in [0.15, 0.2) is 71.5 Å². The zero-order chi connectivity index (χ0) is 23.4. The lowest BCUT2D eigenvalue weighted by molar-refractivity contribution is 0.0655. The van der Waals surface area contributed by atoms with Gasteiger partial charge in [0.05, 0.1) is 16.9 Å². The van der Waals surface area contributed by atoms with Crippen molar-refractivity contribution in [2.45, 2.75) is 52.6 Å². The Morgan fingerprint density at radius 3 is 2.36 bits per heavy atom. The fraction of sp³-hybridized carbons (Fsp3) is 0.321. The number of fused-ring (bicyclic) bond motifs is 2. The summed E-state index contributed by atoms with van der Waals surface area (Å²) in [5.74, 6) is 0.644. The lowest BCUT2D eigenvalue weighted by Crippen LogP contribution is -2.39. The molecule has 3 aromatic carbocycles. The quantitative estimate of drug-likeness (QED) is 0.339. The minimum absolute atomic E-state index is 0.0165. The average molecular weight is 442 g/mol. The van der Waals surface area contributed by atoms with Crippen LogP contribution >= 0.6 is 0 Å². The Kier molecular flexibility index (Phi) is 6.87. The molecule has 4 aromatic rings. The number of carbonyl (C=O) groups is 1. The normalized spacial score (nSPS) is 12.2. The minimum Gasteiger partial charge on any atom is -0.328 e. The molecular weight excluding hydrogens is 410 g/mol. The van der Waals surface area contributed by atoms with Gasteiger partial charge in [0.2, 0.25) is 0 Å². The van der Waals surface area contributed by atoms with Crippen molar-refractivity contribution in [3.05, 3.63) is 88.5 Å². The molecule has 1 atom stereocenters. The summed E-state index contributed by atoms with van der Waals surface area (Å²) in [5.41, 5.74) is 1.31. The van der Waals surface area contributed by atoms with Crippen molar-refractivity contribution in [3.63, 3.8) is 0 Å². The Morgan fingerprint density at radius 2 is 1.64 bits per heavy atom. The minimum atomic E-state index is -0.291. The van der Waals surface area contributed by atoms with Gasteiger partial charge >= 0.3 is 0 Å². The molecular formula is C28H31N3O2. The van der Waals surface area contributed by atoms with E-state index in [1.807, 2.05) is 78.6 Å². The summed E-state index contributed by atoms with van der Waals surface area (Å²) in [6.07, 6.45) is 2.53. The Hall–Kier alpha value is -3.47. The number of amides is 1. The number of carbonyl (C=O) groups excluding carboxylic acids is 1. The topological polar surface area (TPSA) is 55.2 Å². The van der Waals surface area contributed by atoms with Gasteiger partial charge in [0.1, 0.15) is 5.82 Å². The molecule has 1 amide bonds. The van der Waals surface area contributed by atoms with Crippen molar-refractivity contribution in [1.82, 2.24) is 14.5 Å². The van der Waals surface area contributed by atoms with Crippen LogP contribution in [0.25, 0.3) is 21.7 Å². The molecule has 1 heterocycles. The molecule has 0 N–H and O–H groups in total. The van der Waals surface area contributed by atoms with E-state index in [-0.39, 0.29) is 17.5 Å². The first-order chi connectivity index (χ1) is 16.1. The van der Waals surface area contributed by atoms with Crippen LogP contribution in [0.4, 0.5) is 0 Å². The average Bonchev–Trinajstić information content (AvgIpc) is 2.86. The van der Waals surface area contributed by atoms with E-state index in [2.05, 4.69) is 13.8 Å². The van der Waals surface area contributed by atoms with Crippen LogP contribution in [0, 0.1) is 0 Å². The van der Waals surface area contributed by atoms with Crippen molar-refractivity contribution in [2.24, 2.45) is 0 Å². The molecule has 1 unspecified atom stereocenters. The molecule has 0 aliphatic carbocycles. The highest BCUT2D eigenvalue weighted by atomic mass is 16.2. The number of aromatic nitrogens is 2. The summed E-state index contributed by atoms with van der Waals surface area (Å²) in [6.45, 7) is 7.26. The van der Waals surface area contributed by atoms with E-state index in [4.69, 9.17) is 4.98 Å². The number of rotatable bonds is 8. The molecule has 0 bridgehead atoms. The zero-order valence-corrected chi connectivity index (χ0v) is 19.6. The van der Waals surface area contributed by atoms with Gasteiger partial charge in [-0.1, -0.05) is 68.8 Å². The molecule has 170 valence electrons. The molecule has 0 aliphatic heterocycles. The number of para-hydroxylation sites is 1. The Bertz CT molecular complexity index is 1340. The highest BCUT2D eigenvalue weighted by Gasteiger charge is 2.29. The first kappa shape index (κ1) is 22.7. The van der Waals surface area contributed by atoms with Gasteiger partial charge in [-0.05, 0) is 48.7 Å². The highest BCUT2D eigenvalue weighted by molar-refractivity contribution is 6.07. The lowest BCUT2D eigenvalue weighted by atomic mass is 10.0. The van der Waals surface area contributed by atoms with Gasteiger partial charge in [-0.25, -0.2) is 4.98 Å². The molecule has 0 aliphatic rings. The molecule has 0 saturated heterocycles. The molecule has 0 fully saturated rings. The standard InChI is InChI=1S/C28H31N3O2/c1-4-7-19-31(27(32)22-17-12-14-20-13-8-9-15-21(20)22)25(5-2)26-29-24-18-11-10-16-23(24)28(33)30(26)6-3/h8-18,25H,4-7,19H2,1-3H3. The fourth-order valence-electron chi connectivity index (χ4n) is 4.58. The smallest absolute Gasteiger partial charge is 0.261 e. The SMILES string of the molecule is CCCCN(C(=O)c1cccc2ccccc12)C(CC)c1nc2ccccc2c(=O)n1CC. The molecule has 0 saturated carbocycles. The van der Waals surface area contributed by atoms with E-state index in [0.29, 0.717) is 41.8 Å². The van der Waals surface area contributed by atoms with Crippen LogP contribution in [0.1, 0.15) is 62.3 Å². The maximum atomic E-state index is 14.0. The summed E-state index contributed by atoms with van der Waals surface area (Å²) in [6, 6.07) is 21.0. The van der Waals surface area contributed by atoms with Crippen molar-refractivity contribution in [2.75, 3.05) is 6.54 Å². The predicted molar refractivity (Wildman–Crippen MR) is 135 cm³/mol. The van der Waals surface area contributed by atoms with E-state index >= 15 is 0 Å². The molecule has 0 radical (unpaired) electrons. The third kappa shape index (κ3) is 4.28. The van der Waals surface area contributed by atoms with Gasteiger partial charge in [0.25, 0.3) is 11.5 Å². The molecule has 1 aromatic heterocycles. The van der Waals surface area contributed by atoms with E-state index in [1.54, 1.807) is 4.57 Å². The Labute approximate surface area is 194 Å². The van der Waals surface area contributed by atoms with E-state index in [9.17, 15) is 9.59 Å². The zero-order valence-electron chi connectivity index (χ0n) is 19.6. The van der Waals surface area contributed by atoms with Crippen LogP contribution in [0.5, 0.6) is 0 Å². The summed E-state index contributed by atoms with van der Waals surface area (Å²) in [7, 11) is 0. The van der Waals surface area contributed by atoms with Gasteiger partial charge in [-0.3, -0.25) is 14.2 Å². The monoisotopic (exact) mass is 441 g/mol. The van der Waals surface area contributed by atoms with Gasteiger partial charge in [-0.15, -0.1) is 0 Å². The van der Waals surface area contributed by atoms with Crippen LogP contribution < -0.4 is 5.56 Å². The third-order valence-corrected chi connectivity index (χ3v) is 6.30. The number of unbranched alkanes of at least 4 members (excludes halogenated alkanes) is 1. The number of nitrogens with zero attached hydrogens (tertiary/aromatic N) is 3.